The molecule has 0 radical (unpaired) electrons. The van der Waals surface area contributed by atoms with Crippen molar-refractivity contribution in [1.29, 1.82) is 0 Å². The lowest BCUT2D eigenvalue weighted by Crippen LogP contribution is -2.42. The van der Waals surface area contributed by atoms with Crippen LogP contribution in [0.1, 0.15) is 51.2 Å². The van der Waals surface area contributed by atoms with Gasteiger partial charge in [-0.1, -0.05) is 13.0 Å². The summed E-state index contributed by atoms with van der Waals surface area (Å²) < 4.78 is 0. The first-order valence-corrected chi connectivity index (χ1v) is 7.48. The molecule has 1 fully saturated rings. The summed E-state index contributed by atoms with van der Waals surface area (Å²) in [5.74, 6) is 0.673. The molecule has 0 bridgehead atoms. The van der Waals surface area contributed by atoms with Crippen LogP contribution in [0.3, 0.4) is 0 Å². The zero-order valence-electron chi connectivity index (χ0n) is 12.6. The van der Waals surface area contributed by atoms with Crippen LogP contribution in [0.2, 0.25) is 0 Å². The van der Waals surface area contributed by atoms with Crippen molar-refractivity contribution in [3.63, 3.8) is 0 Å². The summed E-state index contributed by atoms with van der Waals surface area (Å²) in [4.78, 5) is 4.22. The average Bonchev–Trinajstić information content (AvgIpc) is 2.36. The van der Waals surface area contributed by atoms with Gasteiger partial charge in [0.2, 0.25) is 0 Å². The van der Waals surface area contributed by atoms with Gasteiger partial charge in [-0.2, -0.15) is 0 Å². The molecule has 1 N–H and O–H groups in total. The first-order chi connectivity index (χ1) is 9.11. The predicted octanol–water partition coefficient (Wildman–Crippen LogP) is 3.96. The minimum atomic E-state index is 0.608. The van der Waals surface area contributed by atoms with Gasteiger partial charge in [-0.05, 0) is 68.7 Å². The molecular formula is C17H26N2. The van der Waals surface area contributed by atoms with Crippen LogP contribution in [0, 0.1) is 12.8 Å². The van der Waals surface area contributed by atoms with Crippen LogP contribution in [0.4, 0.5) is 0 Å². The highest BCUT2D eigenvalue weighted by molar-refractivity contribution is 5.69. The van der Waals surface area contributed by atoms with E-state index in [0.717, 1.165) is 6.42 Å². The molecule has 1 aliphatic rings. The van der Waals surface area contributed by atoms with Crippen molar-refractivity contribution in [2.24, 2.45) is 5.92 Å². The third-order valence-electron chi connectivity index (χ3n) is 4.04. The molecule has 0 aromatic carbocycles. The Bertz CT molecular complexity index is 440. The number of pyridine rings is 1. The summed E-state index contributed by atoms with van der Waals surface area (Å²) in [7, 11) is 0. The summed E-state index contributed by atoms with van der Waals surface area (Å²) >= 11 is 0. The SMILES string of the molecule is CC/C=C(\c1ccncc1C)C1CC(C)NC(C)C1. The van der Waals surface area contributed by atoms with E-state index in [1.54, 1.807) is 0 Å². The second-order valence-electron chi connectivity index (χ2n) is 5.90. The Morgan fingerprint density at radius 3 is 2.63 bits per heavy atom. The van der Waals surface area contributed by atoms with Crippen LogP contribution in [-0.2, 0) is 0 Å². The summed E-state index contributed by atoms with van der Waals surface area (Å²) in [5.41, 5.74) is 4.21. The van der Waals surface area contributed by atoms with Crippen LogP contribution in [-0.4, -0.2) is 17.1 Å². The molecule has 2 nitrogen and oxygen atoms in total. The fourth-order valence-corrected chi connectivity index (χ4v) is 3.34. The van der Waals surface area contributed by atoms with Gasteiger partial charge >= 0.3 is 0 Å². The lowest BCUT2D eigenvalue weighted by Gasteiger charge is -2.35. The van der Waals surface area contributed by atoms with Gasteiger partial charge in [0.15, 0.2) is 0 Å². The Kier molecular flexibility index (Phi) is 4.76. The standard InChI is InChI=1S/C17H26N2/c1-5-6-17(16-7-8-18-11-12(16)2)15-9-13(3)19-14(4)10-15/h6-8,11,13-15,19H,5,9-10H2,1-4H3/b17-6-. The normalized spacial score (nSPS) is 28.4. The number of aryl methyl sites for hydroxylation is 1. The molecule has 0 saturated carbocycles. The van der Waals surface area contributed by atoms with E-state index in [4.69, 9.17) is 0 Å². The van der Waals surface area contributed by atoms with Crippen molar-refractivity contribution in [1.82, 2.24) is 10.3 Å². The topological polar surface area (TPSA) is 24.9 Å². The minimum Gasteiger partial charge on any atom is -0.312 e. The van der Waals surface area contributed by atoms with E-state index in [2.05, 4.69) is 50.1 Å². The first-order valence-electron chi connectivity index (χ1n) is 7.48. The fraction of sp³-hybridized carbons (Fsp3) is 0.588. The highest BCUT2D eigenvalue weighted by atomic mass is 15.0. The predicted molar refractivity (Wildman–Crippen MR) is 82.0 cm³/mol. The maximum Gasteiger partial charge on any atom is 0.0303 e. The smallest absolute Gasteiger partial charge is 0.0303 e. The van der Waals surface area contributed by atoms with Crippen LogP contribution < -0.4 is 5.32 Å². The molecular weight excluding hydrogens is 232 g/mol. The summed E-state index contributed by atoms with van der Waals surface area (Å²) in [6.07, 6.45) is 9.88. The number of nitrogens with one attached hydrogen (secondary N) is 1. The molecule has 1 aromatic heterocycles. The van der Waals surface area contributed by atoms with Crippen LogP contribution >= 0.6 is 0 Å². The number of aromatic nitrogens is 1. The van der Waals surface area contributed by atoms with Gasteiger partial charge in [0.1, 0.15) is 0 Å². The van der Waals surface area contributed by atoms with Crippen molar-refractivity contribution in [3.8, 4) is 0 Å². The lowest BCUT2D eigenvalue weighted by molar-refractivity contribution is 0.306. The van der Waals surface area contributed by atoms with E-state index >= 15 is 0 Å². The van der Waals surface area contributed by atoms with Crippen molar-refractivity contribution < 1.29 is 0 Å². The van der Waals surface area contributed by atoms with Crippen molar-refractivity contribution in [3.05, 3.63) is 35.7 Å². The Hall–Kier alpha value is -1.15. The first kappa shape index (κ1) is 14.3. The molecule has 0 aliphatic carbocycles. The second-order valence-corrected chi connectivity index (χ2v) is 5.90. The van der Waals surface area contributed by atoms with Crippen molar-refractivity contribution in [2.75, 3.05) is 0 Å². The van der Waals surface area contributed by atoms with E-state index in [1.807, 2.05) is 12.4 Å². The zero-order chi connectivity index (χ0) is 13.8. The molecule has 0 amide bonds. The van der Waals surface area contributed by atoms with Gasteiger partial charge in [0, 0.05) is 24.5 Å². The molecule has 19 heavy (non-hydrogen) atoms. The maximum absolute atomic E-state index is 4.22. The molecule has 1 aliphatic heterocycles. The van der Waals surface area contributed by atoms with Gasteiger partial charge in [-0.3, -0.25) is 4.98 Å². The van der Waals surface area contributed by atoms with E-state index in [-0.39, 0.29) is 0 Å². The Morgan fingerprint density at radius 2 is 2.05 bits per heavy atom. The fourth-order valence-electron chi connectivity index (χ4n) is 3.34. The third-order valence-corrected chi connectivity index (χ3v) is 4.04. The molecule has 104 valence electrons. The largest absolute Gasteiger partial charge is 0.312 e. The summed E-state index contributed by atoms with van der Waals surface area (Å²) in [6.45, 7) is 8.99. The van der Waals surface area contributed by atoms with Gasteiger partial charge in [0.05, 0.1) is 0 Å². The lowest BCUT2D eigenvalue weighted by atomic mass is 9.79. The zero-order valence-corrected chi connectivity index (χ0v) is 12.6. The highest BCUT2D eigenvalue weighted by Crippen LogP contribution is 2.34. The van der Waals surface area contributed by atoms with Crippen molar-refractivity contribution >= 4 is 5.57 Å². The number of nitrogens with zero attached hydrogens (tertiary/aromatic N) is 1. The quantitative estimate of drug-likeness (QED) is 0.887. The van der Waals surface area contributed by atoms with Crippen LogP contribution in [0.15, 0.2) is 24.5 Å². The molecule has 2 heterocycles. The monoisotopic (exact) mass is 258 g/mol. The van der Waals surface area contributed by atoms with Gasteiger partial charge in [-0.15, -0.1) is 0 Å². The number of hydrogen-bond acceptors (Lipinski definition) is 2. The summed E-state index contributed by atoms with van der Waals surface area (Å²) in [6, 6.07) is 3.39. The molecule has 0 spiro atoms. The number of rotatable bonds is 3. The highest BCUT2D eigenvalue weighted by Gasteiger charge is 2.26. The van der Waals surface area contributed by atoms with Crippen LogP contribution in [0.5, 0.6) is 0 Å². The van der Waals surface area contributed by atoms with Gasteiger partial charge in [-0.25, -0.2) is 0 Å². The Labute approximate surface area is 117 Å². The van der Waals surface area contributed by atoms with Crippen molar-refractivity contribution in [2.45, 2.75) is 59.0 Å². The molecule has 1 aromatic rings. The molecule has 1 saturated heterocycles. The molecule has 2 rings (SSSR count). The number of allylic oxidation sites excluding steroid dienone is 2. The molecule has 2 heteroatoms. The molecule has 2 unspecified atom stereocenters. The van der Waals surface area contributed by atoms with Gasteiger partial charge < -0.3 is 5.32 Å². The van der Waals surface area contributed by atoms with Gasteiger partial charge in [0.25, 0.3) is 0 Å². The Morgan fingerprint density at radius 1 is 1.37 bits per heavy atom. The summed E-state index contributed by atoms with van der Waals surface area (Å²) in [5, 5.41) is 3.63. The van der Waals surface area contributed by atoms with E-state index in [9.17, 15) is 0 Å². The number of hydrogen-bond donors (Lipinski definition) is 1. The second kappa shape index (κ2) is 6.33. The Balaban J connectivity index is 2.31. The van der Waals surface area contributed by atoms with E-state index in [1.165, 1.54) is 29.5 Å². The average molecular weight is 258 g/mol. The van der Waals surface area contributed by atoms with E-state index < -0.39 is 0 Å². The maximum atomic E-state index is 4.22. The minimum absolute atomic E-state index is 0.608. The number of piperidine rings is 1. The molecule has 2 atom stereocenters. The third kappa shape index (κ3) is 3.44. The van der Waals surface area contributed by atoms with Crippen LogP contribution in [0.25, 0.3) is 5.57 Å². The van der Waals surface area contributed by atoms with E-state index in [0.29, 0.717) is 18.0 Å².